The minimum atomic E-state index is 0.770. The molecule has 0 aliphatic carbocycles. The van der Waals surface area contributed by atoms with E-state index in [4.69, 9.17) is 0 Å². The summed E-state index contributed by atoms with van der Waals surface area (Å²) in [4.78, 5) is 0. The zero-order valence-electron chi connectivity index (χ0n) is 11.6. The molecule has 2 aromatic heterocycles. The van der Waals surface area contributed by atoms with Crippen LogP contribution >= 0.6 is 0 Å². The average molecular weight is 247 g/mol. The van der Waals surface area contributed by atoms with E-state index in [0.29, 0.717) is 0 Å². The molecule has 0 aromatic carbocycles. The minimum Gasteiger partial charge on any atom is -0.364 e. The molecule has 2 heterocycles. The standard InChI is InChI=1S/C13H21N5/c1-5-17-9-12(11(4)15-17)8-14-13-7-10(3)18(6-2)16-13/h7,9H,5-6,8H2,1-4H3,(H,14,16). The van der Waals surface area contributed by atoms with Gasteiger partial charge in [0.05, 0.1) is 5.69 Å². The lowest BCUT2D eigenvalue weighted by molar-refractivity contribution is 0.641. The second-order valence-electron chi connectivity index (χ2n) is 4.44. The van der Waals surface area contributed by atoms with Gasteiger partial charge in [0.1, 0.15) is 5.82 Å². The lowest BCUT2D eigenvalue weighted by Crippen LogP contribution is -2.02. The van der Waals surface area contributed by atoms with E-state index >= 15 is 0 Å². The van der Waals surface area contributed by atoms with Crippen LogP contribution in [-0.4, -0.2) is 19.6 Å². The molecule has 18 heavy (non-hydrogen) atoms. The molecule has 0 aliphatic heterocycles. The van der Waals surface area contributed by atoms with Gasteiger partial charge in [0.25, 0.3) is 0 Å². The molecule has 2 rings (SSSR count). The Labute approximate surface area is 108 Å². The topological polar surface area (TPSA) is 47.7 Å². The third kappa shape index (κ3) is 2.55. The molecule has 5 nitrogen and oxygen atoms in total. The molecule has 0 atom stereocenters. The lowest BCUT2D eigenvalue weighted by atomic mass is 10.2. The number of hydrogen-bond acceptors (Lipinski definition) is 3. The fraction of sp³-hybridized carbons (Fsp3) is 0.538. The molecular weight excluding hydrogens is 226 g/mol. The second kappa shape index (κ2) is 5.25. The van der Waals surface area contributed by atoms with Gasteiger partial charge in [-0.25, -0.2) is 0 Å². The summed E-state index contributed by atoms with van der Waals surface area (Å²) < 4.78 is 3.95. The maximum Gasteiger partial charge on any atom is 0.148 e. The molecule has 0 amide bonds. The monoisotopic (exact) mass is 247 g/mol. The van der Waals surface area contributed by atoms with Crippen molar-refractivity contribution in [3.05, 3.63) is 29.2 Å². The largest absolute Gasteiger partial charge is 0.364 e. The summed E-state index contributed by atoms with van der Waals surface area (Å²) in [5.74, 6) is 0.929. The average Bonchev–Trinajstić information content (AvgIpc) is 2.89. The summed E-state index contributed by atoms with van der Waals surface area (Å²) >= 11 is 0. The number of nitrogens with zero attached hydrogens (tertiary/aromatic N) is 4. The number of anilines is 1. The SMILES string of the molecule is CCn1cc(CNc2cc(C)n(CC)n2)c(C)n1. The Kier molecular flexibility index (Phi) is 3.69. The summed E-state index contributed by atoms with van der Waals surface area (Å²) in [6, 6.07) is 2.07. The molecule has 5 heteroatoms. The smallest absolute Gasteiger partial charge is 0.148 e. The van der Waals surface area contributed by atoms with Crippen LogP contribution in [0.25, 0.3) is 0 Å². The molecule has 0 bridgehead atoms. The van der Waals surface area contributed by atoms with E-state index < -0.39 is 0 Å². The van der Waals surface area contributed by atoms with Gasteiger partial charge in [-0.15, -0.1) is 0 Å². The van der Waals surface area contributed by atoms with Crippen molar-refractivity contribution in [1.29, 1.82) is 0 Å². The first-order valence-corrected chi connectivity index (χ1v) is 6.45. The Morgan fingerprint density at radius 2 is 1.94 bits per heavy atom. The van der Waals surface area contributed by atoms with Crippen LogP contribution in [0.3, 0.4) is 0 Å². The van der Waals surface area contributed by atoms with E-state index in [1.54, 1.807) is 0 Å². The molecular formula is C13H21N5. The van der Waals surface area contributed by atoms with Gasteiger partial charge in [0, 0.05) is 43.2 Å². The van der Waals surface area contributed by atoms with Crippen molar-refractivity contribution in [2.24, 2.45) is 0 Å². The zero-order valence-corrected chi connectivity index (χ0v) is 11.6. The Bertz CT molecular complexity index is 523. The van der Waals surface area contributed by atoms with Gasteiger partial charge in [0.15, 0.2) is 0 Å². The summed E-state index contributed by atoms with van der Waals surface area (Å²) in [7, 11) is 0. The molecule has 0 fully saturated rings. The highest BCUT2D eigenvalue weighted by Crippen LogP contribution is 2.12. The van der Waals surface area contributed by atoms with E-state index in [2.05, 4.69) is 48.5 Å². The minimum absolute atomic E-state index is 0.770. The maximum atomic E-state index is 4.48. The van der Waals surface area contributed by atoms with Crippen molar-refractivity contribution in [2.45, 2.75) is 47.3 Å². The molecule has 1 N–H and O–H groups in total. The summed E-state index contributed by atoms with van der Waals surface area (Å²) in [5, 5.41) is 12.3. The number of aryl methyl sites for hydroxylation is 4. The highest BCUT2D eigenvalue weighted by molar-refractivity contribution is 5.37. The Morgan fingerprint density at radius 1 is 1.17 bits per heavy atom. The predicted molar refractivity (Wildman–Crippen MR) is 72.6 cm³/mol. The van der Waals surface area contributed by atoms with Gasteiger partial charge in [0.2, 0.25) is 0 Å². The van der Waals surface area contributed by atoms with Gasteiger partial charge in [-0.3, -0.25) is 9.36 Å². The van der Waals surface area contributed by atoms with Crippen LogP contribution in [-0.2, 0) is 19.6 Å². The maximum absolute atomic E-state index is 4.48. The first kappa shape index (κ1) is 12.7. The summed E-state index contributed by atoms with van der Waals surface area (Å²) in [6.45, 7) is 10.9. The molecule has 0 aliphatic rings. The van der Waals surface area contributed by atoms with Crippen molar-refractivity contribution in [2.75, 3.05) is 5.32 Å². The molecule has 2 aromatic rings. The van der Waals surface area contributed by atoms with Crippen LogP contribution in [0.2, 0.25) is 0 Å². The van der Waals surface area contributed by atoms with E-state index in [-0.39, 0.29) is 0 Å². The van der Waals surface area contributed by atoms with Gasteiger partial charge < -0.3 is 5.32 Å². The van der Waals surface area contributed by atoms with Crippen molar-refractivity contribution in [3.8, 4) is 0 Å². The van der Waals surface area contributed by atoms with Crippen molar-refractivity contribution in [3.63, 3.8) is 0 Å². The normalized spacial score (nSPS) is 10.9. The van der Waals surface area contributed by atoms with Crippen LogP contribution in [0, 0.1) is 13.8 Å². The van der Waals surface area contributed by atoms with Gasteiger partial charge >= 0.3 is 0 Å². The first-order valence-electron chi connectivity index (χ1n) is 6.45. The molecule has 0 unspecified atom stereocenters. The van der Waals surface area contributed by atoms with E-state index in [0.717, 1.165) is 31.1 Å². The fourth-order valence-electron chi connectivity index (χ4n) is 2.00. The second-order valence-corrected chi connectivity index (χ2v) is 4.44. The Hall–Kier alpha value is -1.78. The third-order valence-corrected chi connectivity index (χ3v) is 3.11. The van der Waals surface area contributed by atoms with Gasteiger partial charge in [-0.05, 0) is 27.7 Å². The van der Waals surface area contributed by atoms with Gasteiger partial charge in [-0.2, -0.15) is 10.2 Å². The zero-order chi connectivity index (χ0) is 13.1. The molecule has 0 saturated carbocycles. The fourth-order valence-corrected chi connectivity index (χ4v) is 2.00. The summed E-state index contributed by atoms with van der Waals surface area (Å²) in [5.41, 5.74) is 3.48. The van der Waals surface area contributed by atoms with Crippen molar-refractivity contribution >= 4 is 5.82 Å². The number of nitrogens with one attached hydrogen (secondary N) is 1. The Balaban J connectivity index is 2.03. The van der Waals surface area contributed by atoms with Crippen LogP contribution < -0.4 is 5.32 Å². The van der Waals surface area contributed by atoms with Crippen LogP contribution in [0.1, 0.15) is 30.8 Å². The van der Waals surface area contributed by atoms with Gasteiger partial charge in [-0.1, -0.05) is 0 Å². The summed E-state index contributed by atoms with van der Waals surface area (Å²) in [6.07, 6.45) is 2.09. The quantitative estimate of drug-likeness (QED) is 0.882. The lowest BCUT2D eigenvalue weighted by Gasteiger charge is -2.01. The van der Waals surface area contributed by atoms with Crippen LogP contribution in [0.4, 0.5) is 5.82 Å². The van der Waals surface area contributed by atoms with E-state index in [9.17, 15) is 0 Å². The Morgan fingerprint density at radius 3 is 2.50 bits per heavy atom. The first-order chi connectivity index (χ1) is 8.63. The molecule has 0 saturated heterocycles. The molecule has 0 spiro atoms. The highest BCUT2D eigenvalue weighted by Gasteiger charge is 2.06. The number of rotatable bonds is 5. The van der Waals surface area contributed by atoms with Crippen molar-refractivity contribution in [1.82, 2.24) is 19.6 Å². The predicted octanol–water partition coefficient (Wildman–Crippen LogP) is 2.35. The highest BCUT2D eigenvalue weighted by atomic mass is 15.3. The molecule has 0 radical (unpaired) electrons. The van der Waals surface area contributed by atoms with Crippen molar-refractivity contribution < 1.29 is 0 Å². The molecule has 98 valence electrons. The number of aromatic nitrogens is 4. The van der Waals surface area contributed by atoms with E-state index in [1.165, 1.54) is 11.3 Å². The number of hydrogen-bond donors (Lipinski definition) is 1. The third-order valence-electron chi connectivity index (χ3n) is 3.11. The van der Waals surface area contributed by atoms with Crippen LogP contribution in [0.15, 0.2) is 12.3 Å². The van der Waals surface area contributed by atoms with E-state index in [1.807, 2.05) is 16.3 Å². The van der Waals surface area contributed by atoms with Crippen LogP contribution in [0.5, 0.6) is 0 Å².